The molecule has 0 saturated carbocycles. The molecule has 1 N–H and O–H groups in total. The Bertz CT molecular complexity index is 625. The normalized spacial score (nSPS) is 18.7. The molecule has 0 aliphatic carbocycles. The van der Waals surface area contributed by atoms with Gasteiger partial charge in [-0.05, 0) is 25.8 Å². The van der Waals surface area contributed by atoms with Crippen molar-refractivity contribution in [2.75, 3.05) is 26.3 Å². The SMILES string of the molecule is CCOC(=O)COC(c1cccc(F)c1F)C1CCCN(C(=O)O)C1. The summed E-state index contributed by atoms with van der Waals surface area (Å²) in [6.45, 7) is 1.91. The van der Waals surface area contributed by atoms with Gasteiger partial charge in [-0.15, -0.1) is 0 Å². The Labute approximate surface area is 144 Å². The van der Waals surface area contributed by atoms with Crippen LogP contribution in [0.25, 0.3) is 0 Å². The first-order chi connectivity index (χ1) is 11.9. The van der Waals surface area contributed by atoms with E-state index >= 15 is 0 Å². The molecule has 138 valence electrons. The fraction of sp³-hybridized carbons (Fsp3) is 0.529. The van der Waals surface area contributed by atoms with Crippen LogP contribution in [0.3, 0.4) is 0 Å². The number of carboxylic acid groups (broad SMARTS) is 1. The molecule has 0 radical (unpaired) electrons. The van der Waals surface area contributed by atoms with Gasteiger partial charge < -0.3 is 19.5 Å². The van der Waals surface area contributed by atoms with Crippen molar-refractivity contribution in [3.05, 3.63) is 35.4 Å². The first kappa shape index (κ1) is 19.1. The summed E-state index contributed by atoms with van der Waals surface area (Å²) in [5, 5.41) is 9.17. The number of benzene rings is 1. The third-order valence-corrected chi connectivity index (χ3v) is 4.13. The Morgan fingerprint density at radius 1 is 1.40 bits per heavy atom. The van der Waals surface area contributed by atoms with E-state index in [1.807, 2.05) is 0 Å². The maximum atomic E-state index is 14.2. The quantitative estimate of drug-likeness (QED) is 0.792. The zero-order valence-electron chi connectivity index (χ0n) is 13.9. The number of nitrogens with zero attached hydrogens (tertiary/aromatic N) is 1. The Balaban J connectivity index is 2.23. The monoisotopic (exact) mass is 357 g/mol. The van der Waals surface area contributed by atoms with Crippen molar-refractivity contribution in [2.24, 2.45) is 5.92 Å². The summed E-state index contributed by atoms with van der Waals surface area (Å²) < 4.78 is 38.2. The highest BCUT2D eigenvalue weighted by atomic mass is 19.2. The van der Waals surface area contributed by atoms with Crippen LogP contribution in [-0.2, 0) is 14.3 Å². The summed E-state index contributed by atoms with van der Waals surface area (Å²) in [6.07, 6.45) is -0.865. The Hall–Kier alpha value is -2.22. The summed E-state index contributed by atoms with van der Waals surface area (Å²) in [6, 6.07) is 3.73. The summed E-state index contributed by atoms with van der Waals surface area (Å²) in [4.78, 5) is 24.0. The van der Waals surface area contributed by atoms with E-state index in [9.17, 15) is 23.5 Å². The van der Waals surface area contributed by atoms with Crippen molar-refractivity contribution in [1.82, 2.24) is 4.90 Å². The van der Waals surface area contributed by atoms with E-state index < -0.39 is 42.3 Å². The summed E-state index contributed by atoms with van der Waals surface area (Å²) >= 11 is 0. The first-order valence-corrected chi connectivity index (χ1v) is 8.13. The largest absolute Gasteiger partial charge is 0.465 e. The van der Waals surface area contributed by atoms with Gasteiger partial charge in [0.25, 0.3) is 0 Å². The molecule has 1 aliphatic rings. The molecule has 1 saturated heterocycles. The van der Waals surface area contributed by atoms with E-state index in [0.717, 1.165) is 6.07 Å². The highest BCUT2D eigenvalue weighted by Crippen LogP contribution is 2.34. The van der Waals surface area contributed by atoms with Gasteiger partial charge in [-0.1, -0.05) is 12.1 Å². The van der Waals surface area contributed by atoms with Gasteiger partial charge in [0, 0.05) is 24.6 Å². The molecule has 0 spiro atoms. The lowest BCUT2D eigenvalue weighted by atomic mass is 9.88. The second-order valence-corrected chi connectivity index (χ2v) is 5.81. The minimum atomic E-state index is -1.08. The smallest absolute Gasteiger partial charge is 0.407 e. The van der Waals surface area contributed by atoms with Crippen LogP contribution in [-0.4, -0.2) is 48.4 Å². The molecule has 1 aromatic rings. The van der Waals surface area contributed by atoms with Crippen molar-refractivity contribution in [1.29, 1.82) is 0 Å². The molecule has 2 unspecified atom stereocenters. The van der Waals surface area contributed by atoms with E-state index in [4.69, 9.17) is 9.47 Å². The summed E-state index contributed by atoms with van der Waals surface area (Å²) in [5.74, 6) is -3.08. The zero-order chi connectivity index (χ0) is 18.4. The first-order valence-electron chi connectivity index (χ1n) is 8.13. The number of carbonyl (C=O) groups is 2. The van der Waals surface area contributed by atoms with Gasteiger partial charge in [-0.3, -0.25) is 0 Å². The van der Waals surface area contributed by atoms with Gasteiger partial charge >= 0.3 is 12.1 Å². The van der Waals surface area contributed by atoms with Gasteiger partial charge in [0.15, 0.2) is 11.6 Å². The van der Waals surface area contributed by atoms with Crippen LogP contribution in [0.15, 0.2) is 18.2 Å². The predicted octanol–water partition coefficient (Wildman–Crippen LogP) is 2.98. The number of amides is 1. The number of ether oxygens (including phenoxy) is 2. The van der Waals surface area contributed by atoms with Crippen LogP contribution in [0.1, 0.15) is 31.4 Å². The average molecular weight is 357 g/mol. The van der Waals surface area contributed by atoms with E-state index in [0.29, 0.717) is 19.4 Å². The van der Waals surface area contributed by atoms with Crippen LogP contribution < -0.4 is 0 Å². The zero-order valence-corrected chi connectivity index (χ0v) is 13.9. The molecular weight excluding hydrogens is 336 g/mol. The fourth-order valence-corrected chi connectivity index (χ4v) is 3.01. The second kappa shape index (κ2) is 8.75. The number of hydrogen-bond donors (Lipinski definition) is 1. The third kappa shape index (κ3) is 4.88. The number of halogens is 2. The average Bonchev–Trinajstić information content (AvgIpc) is 2.59. The second-order valence-electron chi connectivity index (χ2n) is 5.81. The number of esters is 1. The number of hydrogen-bond acceptors (Lipinski definition) is 4. The molecule has 1 fully saturated rings. The minimum absolute atomic E-state index is 0.0264. The van der Waals surface area contributed by atoms with E-state index in [1.54, 1.807) is 6.92 Å². The highest BCUT2D eigenvalue weighted by molar-refractivity contribution is 5.70. The highest BCUT2D eigenvalue weighted by Gasteiger charge is 2.33. The van der Waals surface area contributed by atoms with Gasteiger partial charge in [0.05, 0.1) is 12.7 Å². The molecule has 8 heteroatoms. The van der Waals surface area contributed by atoms with Gasteiger partial charge in [0.1, 0.15) is 6.61 Å². The number of rotatable bonds is 6. The minimum Gasteiger partial charge on any atom is -0.465 e. The molecule has 2 rings (SSSR count). The number of likely N-dealkylation sites (tertiary alicyclic amines) is 1. The lowest BCUT2D eigenvalue weighted by Gasteiger charge is -2.35. The van der Waals surface area contributed by atoms with E-state index in [1.165, 1.54) is 17.0 Å². The van der Waals surface area contributed by atoms with Gasteiger partial charge in [0.2, 0.25) is 0 Å². The van der Waals surface area contributed by atoms with Crippen LogP contribution in [0.5, 0.6) is 0 Å². The molecule has 25 heavy (non-hydrogen) atoms. The van der Waals surface area contributed by atoms with Crippen LogP contribution in [0.2, 0.25) is 0 Å². The molecule has 1 amide bonds. The summed E-state index contributed by atoms with van der Waals surface area (Å²) in [5.41, 5.74) is -0.0264. The van der Waals surface area contributed by atoms with Crippen molar-refractivity contribution in [3.63, 3.8) is 0 Å². The lowest BCUT2D eigenvalue weighted by Crippen LogP contribution is -2.41. The number of carbonyl (C=O) groups excluding carboxylic acids is 1. The van der Waals surface area contributed by atoms with Gasteiger partial charge in [-0.2, -0.15) is 0 Å². The lowest BCUT2D eigenvalue weighted by molar-refractivity contribution is -0.152. The molecular formula is C17H21F2NO5. The standard InChI is InChI=1S/C17H21F2NO5/c1-2-24-14(21)10-25-16(12-6-3-7-13(18)15(12)19)11-5-4-8-20(9-11)17(22)23/h3,6-7,11,16H,2,4-5,8-10H2,1H3,(H,22,23). The fourth-order valence-electron chi connectivity index (χ4n) is 3.01. The molecule has 1 heterocycles. The van der Waals surface area contributed by atoms with Crippen molar-refractivity contribution in [3.8, 4) is 0 Å². The van der Waals surface area contributed by atoms with E-state index in [2.05, 4.69) is 0 Å². The molecule has 1 aromatic carbocycles. The van der Waals surface area contributed by atoms with Crippen molar-refractivity contribution < 1.29 is 33.0 Å². The molecule has 0 bridgehead atoms. The predicted molar refractivity (Wildman–Crippen MR) is 84.0 cm³/mol. The topological polar surface area (TPSA) is 76.1 Å². The molecule has 6 nitrogen and oxygen atoms in total. The molecule has 2 atom stereocenters. The van der Waals surface area contributed by atoms with Gasteiger partial charge in [-0.25, -0.2) is 18.4 Å². The van der Waals surface area contributed by atoms with E-state index in [-0.39, 0.29) is 18.7 Å². The third-order valence-electron chi connectivity index (χ3n) is 4.13. The number of piperidine rings is 1. The van der Waals surface area contributed by atoms with Crippen LogP contribution >= 0.6 is 0 Å². The van der Waals surface area contributed by atoms with Crippen molar-refractivity contribution in [2.45, 2.75) is 25.9 Å². The molecule has 1 aliphatic heterocycles. The van der Waals surface area contributed by atoms with Crippen LogP contribution in [0.4, 0.5) is 13.6 Å². The van der Waals surface area contributed by atoms with Crippen molar-refractivity contribution >= 4 is 12.1 Å². The maximum absolute atomic E-state index is 14.2. The Morgan fingerprint density at radius 2 is 2.16 bits per heavy atom. The molecule has 0 aromatic heterocycles. The summed E-state index contributed by atoms with van der Waals surface area (Å²) in [7, 11) is 0. The maximum Gasteiger partial charge on any atom is 0.407 e. The van der Waals surface area contributed by atoms with Crippen LogP contribution in [0, 0.1) is 17.6 Å². The Kier molecular flexibility index (Phi) is 6.69. The Morgan fingerprint density at radius 3 is 2.84 bits per heavy atom.